The first-order valence-electron chi connectivity index (χ1n) is 5.06. The van der Waals surface area contributed by atoms with Crippen LogP contribution in [0.1, 0.15) is 18.1 Å². The van der Waals surface area contributed by atoms with Gasteiger partial charge in [0.2, 0.25) is 0 Å². The number of benzene rings is 1. The van der Waals surface area contributed by atoms with Crippen LogP contribution < -0.4 is 5.09 Å². The molecule has 6 heteroatoms. The van der Waals surface area contributed by atoms with Crippen molar-refractivity contribution in [1.82, 2.24) is 5.09 Å². The predicted molar refractivity (Wildman–Crippen MR) is 62.1 cm³/mol. The van der Waals surface area contributed by atoms with Crippen LogP contribution in [-0.2, 0) is 4.74 Å². The highest BCUT2D eigenvalue weighted by molar-refractivity contribution is 7.13. The Morgan fingerprint density at radius 1 is 1.41 bits per heavy atom. The molecule has 92 valence electrons. The SMILES string of the molecule is OC1=COC(c2cc(F)ccc2F)[C@@H](NP)C1. The molecule has 17 heavy (non-hydrogen) atoms. The van der Waals surface area contributed by atoms with Gasteiger partial charge in [0.05, 0.1) is 6.04 Å². The zero-order chi connectivity index (χ0) is 12.4. The molecule has 1 heterocycles. The number of halogens is 2. The van der Waals surface area contributed by atoms with Crippen LogP contribution in [0.5, 0.6) is 0 Å². The normalized spacial score (nSPS) is 24.1. The molecule has 0 saturated carbocycles. The number of nitrogens with one attached hydrogen (secondary N) is 1. The van der Waals surface area contributed by atoms with Gasteiger partial charge in [-0.3, -0.25) is 5.09 Å². The Bertz CT molecular complexity index is 453. The summed E-state index contributed by atoms with van der Waals surface area (Å²) in [6, 6.07) is 2.89. The maximum atomic E-state index is 13.6. The molecule has 1 aliphatic rings. The lowest BCUT2D eigenvalue weighted by Gasteiger charge is -2.30. The van der Waals surface area contributed by atoms with Crippen molar-refractivity contribution in [3.05, 3.63) is 47.4 Å². The van der Waals surface area contributed by atoms with Crippen LogP contribution in [0.2, 0.25) is 0 Å². The van der Waals surface area contributed by atoms with Crippen LogP contribution in [0.15, 0.2) is 30.2 Å². The maximum Gasteiger partial charge on any atom is 0.142 e. The minimum atomic E-state index is -0.668. The maximum absolute atomic E-state index is 13.6. The summed E-state index contributed by atoms with van der Waals surface area (Å²) in [5, 5.41) is 12.1. The highest BCUT2D eigenvalue weighted by Crippen LogP contribution is 2.31. The van der Waals surface area contributed by atoms with E-state index in [4.69, 9.17) is 4.74 Å². The van der Waals surface area contributed by atoms with Gasteiger partial charge in [-0.1, -0.05) is 9.39 Å². The van der Waals surface area contributed by atoms with E-state index >= 15 is 0 Å². The van der Waals surface area contributed by atoms with E-state index in [1.54, 1.807) is 0 Å². The van der Waals surface area contributed by atoms with Crippen molar-refractivity contribution in [3.8, 4) is 0 Å². The third kappa shape index (κ3) is 2.56. The quantitative estimate of drug-likeness (QED) is 0.802. The van der Waals surface area contributed by atoms with Crippen LogP contribution in [0.25, 0.3) is 0 Å². The fraction of sp³-hybridized carbons (Fsp3) is 0.273. The summed E-state index contributed by atoms with van der Waals surface area (Å²) < 4.78 is 31.9. The van der Waals surface area contributed by atoms with Crippen molar-refractivity contribution in [2.45, 2.75) is 18.6 Å². The molecule has 1 aliphatic heterocycles. The first kappa shape index (κ1) is 12.3. The fourth-order valence-corrected chi connectivity index (χ4v) is 2.09. The summed E-state index contributed by atoms with van der Waals surface area (Å²) >= 11 is 0. The van der Waals surface area contributed by atoms with Gasteiger partial charge in [0, 0.05) is 12.0 Å². The molecule has 0 aliphatic carbocycles. The molecule has 2 rings (SSSR count). The number of rotatable bonds is 2. The number of aliphatic hydroxyl groups excluding tert-OH is 1. The van der Waals surface area contributed by atoms with E-state index in [9.17, 15) is 13.9 Å². The Hall–Kier alpha value is -1.19. The number of hydrogen-bond donors (Lipinski definition) is 2. The second kappa shape index (κ2) is 4.98. The Morgan fingerprint density at radius 3 is 2.88 bits per heavy atom. The molecule has 2 unspecified atom stereocenters. The monoisotopic (exact) mass is 259 g/mol. The Morgan fingerprint density at radius 2 is 2.18 bits per heavy atom. The summed E-state index contributed by atoms with van der Waals surface area (Å²) in [4.78, 5) is 0. The van der Waals surface area contributed by atoms with Crippen molar-refractivity contribution in [3.63, 3.8) is 0 Å². The van der Waals surface area contributed by atoms with Crippen molar-refractivity contribution in [1.29, 1.82) is 0 Å². The fourth-order valence-electron chi connectivity index (χ4n) is 1.80. The minimum absolute atomic E-state index is 0.0676. The zero-order valence-corrected chi connectivity index (χ0v) is 10.0. The van der Waals surface area contributed by atoms with Gasteiger partial charge in [-0.2, -0.15) is 0 Å². The molecule has 1 aromatic carbocycles. The molecular formula is C11H12F2NO2P. The second-order valence-electron chi connectivity index (χ2n) is 3.81. The van der Waals surface area contributed by atoms with Gasteiger partial charge < -0.3 is 9.84 Å². The van der Waals surface area contributed by atoms with Gasteiger partial charge in [0.15, 0.2) is 0 Å². The topological polar surface area (TPSA) is 41.5 Å². The van der Waals surface area contributed by atoms with E-state index in [1.807, 2.05) is 0 Å². The Labute approximate surface area is 99.7 Å². The Kier molecular flexibility index (Phi) is 3.60. The molecular weight excluding hydrogens is 247 g/mol. The van der Waals surface area contributed by atoms with Gasteiger partial charge in [0.1, 0.15) is 29.8 Å². The molecule has 0 fully saturated rings. The zero-order valence-electron chi connectivity index (χ0n) is 8.86. The van der Waals surface area contributed by atoms with Crippen molar-refractivity contribution < 1.29 is 18.6 Å². The van der Waals surface area contributed by atoms with E-state index in [2.05, 4.69) is 14.5 Å². The van der Waals surface area contributed by atoms with E-state index in [0.717, 1.165) is 24.5 Å². The highest BCUT2D eigenvalue weighted by Gasteiger charge is 2.30. The van der Waals surface area contributed by atoms with E-state index < -0.39 is 17.7 Å². The number of ether oxygens (including phenoxy) is 1. The lowest BCUT2D eigenvalue weighted by Crippen LogP contribution is -2.33. The average Bonchev–Trinajstić information content (AvgIpc) is 2.32. The predicted octanol–water partition coefficient (Wildman–Crippen LogP) is 2.57. The van der Waals surface area contributed by atoms with E-state index in [-0.39, 0.29) is 17.4 Å². The van der Waals surface area contributed by atoms with Gasteiger partial charge in [0.25, 0.3) is 0 Å². The largest absolute Gasteiger partial charge is 0.509 e. The minimum Gasteiger partial charge on any atom is -0.509 e. The Balaban J connectivity index is 2.35. The third-order valence-electron chi connectivity index (χ3n) is 2.62. The molecule has 3 atom stereocenters. The molecule has 1 aromatic rings. The molecule has 2 N–H and O–H groups in total. The molecule has 0 radical (unpaired) electrons. The van der Waals surface area contributed by atoms with Crippen LogP contribution in [0.4, 0.5) is 8.78 Å². The van der Waals surface area contributed by atoms with Crippen LogP contribution >= 0.6 is 9.39 Å². The summed E-state index contributed by atoms with van der Waals surface area (Å²) in [5.41, 5.74) is 0.133. The second-order valence-corrected chi connectivity index (χ2v) is 4.14. The molecule has 0 amide bonds. The van der Waals surface area contributed by atoms with E-state index in [0.29, 0.717) is 6.42 Å². The molecule has 0 aromatic heterocycles. The van der Waals surface area contributed by atoms with Gasteiger partial charge in [-0.05, 0) is 18.2 Å². The summed E-state index contributed by atoms with van der Waals surface area (Å²) in [7, 11) is 2.28. The van der Waals surface area contributed by atoms with Crippen LogP contribution in [0.3, 0.4) is 0 Å². The van der Waals surface area contributed by atoms with Gasteiger partial charge in [-0.15, -0.1) is 0 Å². The van der Waals surface area contributed by atoms with Crippen molar-refractivity contribution in [2.24, 2.45) is 0 Å². The summed E-state index contributed by atoms with van der Waals surface area (Å²) in [6.45, 7) is 0. The number of hydrogen-bond acceptors (Lipinski definition) is 3. The smallest absolute Gasteiger partial charge is 0.142 e. The molecule has 0 spiro atoms. The molecule has 0 bridgehead atoms. The van der Waals surface area contributed by atoms with Gasteiger partial charge >= 0.3 is 0 Å². The van der Waals surface area contributed by atoms with Crippen molar-refractivity contribution >= 4 is 9.39 Å². The van der Waals surface area contributed by atoms with Gasteiger partial charge in [-0.25, -0.2) is 8.78 Å². The lowest BCUT2D eigenvalue weighted by atomic mass is 9.97. The summed E-state index contributed by atoms with van der Waals surface area (Å²) in [6.07, 6.45) is 0.788. The molecule has 0 saturated heterocycles. The third-order valence-corrected chi connectivity index (χ3v) is 3.05. The first-order chi connectivity index (χ1) is 8.11. The summed E-state index contributed by atoms with van der Waals surface area (Å²) in [5.74, 6) is -0.985. The number of aliphatic hydroxyl groups is 1. The lowest BCUT2D eigenvalue weighted by molar-refractivity contribution is 0.0743. The molecule has 3 nitrogen and oxygen atoms in total. The van der Waals surface area contributed by atoms with Crippen LogP contribution in [-0.4, -0.2) is 11.1 Å². The van der Waals surface area contributed by atoms with Crippen molar-refractivity contribution in [2.75, 3.05) is 0 Å². The average molecular weight is 259 g/mol. The standard InChI is InChI=1S/C11H12F2NO2P/c12-6-1-2-9(13)8(3-6)11-10(14-17)4-7(15)5-16-11/h1-3,5,10-11,14-15H,4,17H2/t10-,11?/m0/s1. The van der Waals surface area contributed by atoms with Crippen LogP contribution in [0, 0.1) is 11.6 Å². The first-order valence-corrected chi connectivity index (χ1v) is 5.64. The van der Waals surface area contributed by atoms with E-state index in [1.165, 1.54) is 0 Å². The highest BCUT2D eigenvalue weighted by atomic mass is 31.0.